The molecule has 102 valence electrons. The maximum absolute atomic E-state index is 12.9. The van der Waals surface area contributed by atoms with Gasteiger partial charge in [-0.1, -0.05) is 35.9 Å². The van der Waals surface area contributed by atoms with Gasteiger partial charge in [0.05, 0.1) is 0 Å². The third-order valence-corrected chi connectivity index (χ3v) is 2.93. The lowest BCUT2D eigenvalue weighted by atomic mass is 10.1. The topological polar surface area (TPSA) is 37.3 Å². The van der Waals surface area contributed by atoms with E-state index in [0.717, 1.165) is 11.6 Å². The Morgan fingerprint density at radius 1 is 1.25 bits per heavy atom. The molecule has 0 aliphatic carbocycles. The van der Waals surface area contributed by atoms with Crippen molar-refractivity contribution in [1.29, 1.82) is 0 Å². The number of rotatable bonds is 4. The van der Waals surface area contributed by atoms with Crippen LogP contribution in [-0.2, 0) is 11.2 Å². The van der Waals surface area contributed by atoms with Crippen LogP contribution < -0.4 is 0 Å². The number of halogens is 2. The number of benzene rings is 2. The number of phenolic OH excluding ortho intramolecular Hbond substituents is 1. The van der Waals surface area contributed by atoms with Gasteiger partial charge in [0.1, 0.15) is 0 Å². The number of phenols is 1. The fraction of sp³-hybridized carbons (Fsp3) is 0.0625. The molecule has 0 spiro atoms. The van der Waals surface area contributed by atoms with Crippen LogP contribution in [0.3, 0.4) is 0 Å². The summed E-state index contributed by atoms with van der Waals surface area (Å²) in [4.78, 5) is 11.8. The normalized spacial score (nSPS) is 10.9. The average molecular weight is 291 g/mol. The molecule has 0 amide bonds. The smallest absolute Gasteiger partial charge is 0.164 e. The quantitative estimate of drug-likeness (QED) is 0.864. The second-order valence-electron chi connectivity index (χ2n) is 4.32. The van der Waals surface area contributed by atoms with Gasteiger partial charge in [-0.15, -0.1) is 0 Å². The van der Waals surface area contributed by atoms with Gasteiger partial charge >= 0.3 is 0 Å². The largest absolute Gasteiger partial charge is 0.505 e. The van der Waals surface area contributed by atoms with Crippen molar-refractivity contribution in [3.63, 3.8) is 0 Å². The highest BCUT2D eigenvalue weighted by Gasteiger charge is 2.02. The predicted octanol–water partition coefficient (Wildman–Crippen LogP) is 4.01. The van der Waals surface area contributed by atoms with E-state index in [4.69, 9.17) is 11.6 Å². The first-order valence-electron chi connectivity index (χ1n) is 5.98. The number of allylic oxidation sites excluding steroid dienone is 1. The summed E-state index contributed by atoms with van der Waals surface area (Å²) in [6.07, 6.45) is 3.17. The van der Waals surface area contributed by atoms with E-state index in [9.17, 15) is 14.3 Å². The Kier molecular flexibility index (Phi) is 4.53. The second-order valence-corrected chi connectivity index (χ2v) is 4.75. The first kappa shape index (κ1) is 14.3. The van der Waals surface area contributed by atoms with Crippen LogP contribution in [0.25, 0.3) is 6.08 Å². The Morgan fingerprint density at radius 3 is 2.75 bits per heavy atom. The molecule has 0 fully saturated rings. The summed E-state index contributed by atoms with van der Waals surface area (Å²) in [5.41, 5.74) is 1.39. The molecule has 0 radical (unpaired) electrons. The van der Waals surface area contributed by atoms with Crippen molar-refractivity contribution in [2.45, 2.75) is 6.42 Å². The minimum Gasteiger partial charge on any atom is -0.505 e. The third-order valence-electron chi connectivity index (χ3n) is 2.70. The van der Waals surface area contributed by atoms with E-state index in [1.165, 1.54) is 24.3 Å². The van der Waals surface area contributed by atoms with E-state index < -0.39 is 11.6 Å². The summed E-state index contributed by atoms with van der Waals surface area (Å²) < 4.78 is 12.9. The maximum Gasteiger partial charge on any atom is 0.164 e. The Balaban J connectivity index is 2.03. The number of carbonyl (C=O) groups excluding carboxylic acids is 1. The standard InChI is InChI=1S/C16H12ClFO2/c17-13-3-1-2-12(8-13)9-14(19)6-4-11-5-7-15(18)16(20)10-11/h1-8,10,20H,9H2/b6-4+. The Labute approximate surface area is 121 Å². The van der Waals surface area contributed by atoms with Gasteiger partial charge in [-0.25, -0.2) is 4.39 Å². The fourth-order valence-corrected chi connectivity index (χ4v) is 1.94. The van der Waals surface area contributed by atoms with Crippen LogP contribution in [-0.4, -0.2) is 10.9 Å². The molecule has 0 atom stereocenters. The van der Waals surface area contributed by atoms with Crippen molar-refractivity contribution in [1.82, 2.24) is 0 Å². The van der Waals surface area contributed by atoms with Crippen molar-refractivity contribution < 1.29 is 14.3 Å². The van der Waals surface area contributed by atoms with E-state index in [1.54, 1.807) is 18.2 Å². The van der Waals surface area contributed by atoms with E-state index in [1.807, 2.05) is 6.07 Å². The van der Waals surface area contributed by atoms with Crippen LogP contribution in [0.4, 0.5) is 4.39 Å². The number of ketones is 1. The number of carbonyl (C=O) groups is 1. The zero-order valence-electron chi connectivity index (χ0n) is 10.5. The zero-order chi connectivity index (χ0) is 14.5. The van der Waals surface area contributed by atoms with E-state index in [-0.39, 0.29) is 12.2 Å². The Morgan fingerprint density at radius 2 is 2.05 bits per heavy atom. The molecule has 0 aliphatic heterocycles. The number of hydrogen-bond donors (Lipinski definition) is 1. The van der Waals surface area contributed by atoms with Crippen molar-refractivity contribution in [3.05, 3.63) is 70.5 Å². The van der Waals surface area contributed by atoms with Gasteiger partial charge in [-0.2, -0.15) is 0 Å². The van der Waals surface area contributed by atoms with Crippen LogP contribution in [0.5, 0.6) is 5.75 Å². The number of aromatic hydroxyl groups is 1. The molecule has 0 saturated carbocycles. The summed E-state index contributed by atoms with van der Waals surface area (Å²) >= 11 is 5.84. The molecular weight excluding hydrogens is 279 g/mol. The van der Waals surface area contributed by atoms with Crippen molar-refractivity contribution in [2.24, 2.45) is 0 Å². The van der Waals surface area contributed by atoms with Crippen LogP contribution in [0, 0.1) is 5.82 Å². The summed E-state index contributed by atoms with van der Waals surface area (Å²) in [5, 5.41) is 9.81. The molecule has 1 N–H and O–H groups in total. The molecule has 0 saturated heterocycles. The van der Waals surface area contributed by atoms with Gasteiger partial charge in [0.15, 0.2) is 17.3 Å². The molecule has 0 unspecified atom stereocenters. The average Bonchev–Trinajstić information content (AvgIpc) is 2.40. The minimum absolute atomic E-state index is 0.101. The molecule has 4 heteroatoms. The molecule has 0 aliphatic rings. The Bertz CT molecular complexity index is 665. The second kappa shape index (κ2) is 6.35. The highest BCUT2D eigenvalue weighted by Crippen LogP contribution is 2.17. The first-order chi connectivity index (χ1) is 9.54. The van der Waals surface area contributed by atoms with E-state index in [2.05, 4.69) is 0 Å². The fourth-order valence-electron chi connectivity index (χ4n) is 1.73. The van der Waals surface area contributed by atoms with Gasteiger partial charge in [0, 0.05) is 11.4 Å². The van der Waals surface area contributed by atoms with Crippen LogP contribution in [0.2, 0.25) is 5.02 Å². The predicted molar refractivity (Wildman–Crippen MR) is 77.3 cm³/mol. The molecule has 20 heavy (non-hydrogen) atoms. The monoisotopic (exact) mass is 290 g/mol. The first-order valence-corrected chi connectivity index (χ1v) is 6.36. The van der Waals surface area contributed by atoms with Crippen LogP contribution >= 0.6 is 11.6 Å². The lowest BCUT2D eigenvalue weighted by molar-refractivity contribution is -0.113. The van der Waals surface area contributed by atoms with Crippen LogP contribution in [0.15, 0.2) is 48.5 Å². The molecular formula is C16H12ClFO2. The summed E-state index contributed by atoms with van der Waals surface area (Å²) in [6, 6.07) is 11.0. The van der Waals surface area contributed by atoms with Gasteiger partial charge in [0.25, 0.3) is 0 Å². The van der Waals surface area contributed by atoms with Gasteiger partial charge in [-0.05, 0) is 41.5 Å². The summed E-state index contributed by atoms with van der Waals surface area (Å²) in [6.45, 7) is 0. The van der Waals surface area contributed by atoms with Crippen LogP contribution in [0.1, 0.15) is 11.1 Å². The van der Waals surface area contributed by atoms with Crippen molar-refractivity contribution in [3.8, 4) is 5.75 Å². The third kappa shape index (κ3) is 3.93. The highest BCUT2D eigenvalue weighted by atomic mass is 35.5. The van der Waals surface area contributed by atoms with E-state index >= 15 is 0 Å². The molecule has 0 heterocycles. The molecule has 2 aromatic rings. The summed E-state index contributed by atoms with van der Waals surface area (Å²) in [5.74, 6) is -1.22. The molecule has 2 nitrogen and oxygen atoms in total. The molecule has 0 bridgehead atoms. The van der Waals surface area contributed by atoms with Gasteiger partial charge in [0.2, 0.25) is 0 Å². The summed E-state index contributed by atoms with van der Waals surface area (Å²) in [7, 11) is 0. The lowest BCUT2D eigenvalue weighted by Crippen LogP contribution is -1.98. The minimum atomic E-state index is -0.688. The lowest BCUT2D eigenvalue weighted by Gasteiger charge is -1.99. The van der Waals surface area contributed by atoms with Crippen molar-refractivity contribution in [2.75, 3.05) is 0 Å². The molecule has 2 aromatic carbocycles. The van der Waals surface area contributed by atoms with Gasteiger partial charge in [-0.3, -0.25) is 4.79 Å². The Hall–Kier alpha value is -2.13. The maximum atomic E-state index is 12.9. The van der Waals surface area contributed by atoms with Crippen molar-refractivity contribution >= 4 is 23.5 Å². The SMILES string of the molecule is O=C(/C=C/c1ccc(F)c(O)c1)Cc1cccc(Cl)c1. The zero-order valence-corrected chi connectivity index (χ0v) is 11.3. The highest BCUT2D eigenvalue weighted by molar-refractivity contribution is 6.30. The number of hydrogen-bond acceptors (Lipinski definition) is 2. The van der Waals surface area contributed by atoms with E-state index in [0.29, 0.717) is 10.6 Å². The molecule has 0 aromatic heterocycles. The van der Waals surface area contributed by atoms with Gasteiger partial charge < -0.3 is 5.11 Å². The molecule has 2 rings (SSSR count).